The number of carbonyl (C=O) groups excluding carboxylic acids is 2. The number of aryl methyl sites for hydroxylation is 1. The van der Waals surface area contributed by atoms with Gasteiger partial charge in [0.1, 0.15) is 5.75 Å². The Kier molecular flexibility index (Phi) is 6.77. The predicted molar refractivity (Wildman–Crippen MR) is 127 cm³/mol. The van der Waals surface area contributed by atoms with Crippen molar-refractivity contribution in [1.29, 1.82) is 0 Å². The molecule has 2 fully saturated rings. The van der Waals surface area contributed by atoms with Crippen LogP contribution in [0.1, 0.15) is 12.0 Å². The van der Waals surface area contributed by atoms with Gasteiger partial charge in [-0.2, -0.15) is 0 Å². The highest BCUT2D eigenvalue weighted by molar-refractivity contribution is 6.36. The van der Waals surface area contributed by atoms with Crippen LogP contribution < -0.4 is 4.74 Å². The van der Waals surface area contributed by atoms with Gasteiger partial charge in [-0.05, 0) is 36.3 Å². The molecule has 0 aliphatic carbocycles. The SMILES string of the molecule is C=CC(=O)N1CC2CN(C(=O)CCc3cc(-c4ccccc4Cl)c(Cl)cc3OC)CC2C1. The van der Waals surface area contributed by atoms with Gasteiger partial charge < -0.3 is 14.5 Å². The molecule has 0 N–H and O–H groups in total. The number of fused-ring (bicyclic) bond motifs is 1. The second kappa shape index (κ2) is 9.55. The molecule has 0 spiro atoms. The molecule has 7 heteroatoms. The first kappa shape index (κ1) is 22.7. The molecule has 32 heavy (non-hydrogen) atoms. The average molecular weight is 473 g/mol. The summed E-state index contributed by atoms with van der Waals surface area (Å²) in [5, 5.41) is 1.17. The summed E-state index contributed by atoms with van der Waals surface area (Å²) < 4.78 is 5.52. The number of ether oxygens (including phenoxy) is 1. The van der Waals surface area contributed by atoms with E-state index in [1.165, 1.54) is 6.08 Å². The number of amides is 2. The third-order valence-corrected chi connectivity index (χ3v) is 7.11. The summed E-state index contributed by atoms with van der Waals surface area (Å²) in [6, 6.07) is 11.3. The van der Waals surface area contributed by atoms with Crippen molar-refractivity contribution in [3.63, 3.8) is 0 Å². The summed E-state index contributed by atoms with van der Waals surface area (Å²) in [5.74, 6) is 1.45. The molecule has 168 valence electrons. The van der Waals surface area contributed by atoms with Crippen molar-refractivity contribution in [2.45, 2.75) is 12.8 Å². The Morgan fingerprint density at radius 1 is 1.03 bits per heavy atom. The first-order valence-corrected chi connectivity index (χ1v) is 11.5. The van der Waals surface area contributed by atoms with Crippen molar-refractivity contribution in [3.8, 4) is 16.9 Å². The molecule has 2 atom stereocenters. The second-order valence-corrected chi connectivity index (χ2v) is 9.20. The van der Waals surface area contributed by atoms with Crippen LogP contribution in [0.5, 0.6) is 5.75 Å². The minimum Gasteiger partial charge on any atom is -0.496 e. The van der Waals surface area contributed by atoms with Crippen LogP contribution in [0.4, 0.5) is 0 Å². The molecule has 5 nitrogen and oxygen atoms in total. The Balaban J connectivity index is 1.43. The second-order valence-electron chi connectivity index (χ2n) is 8.39. The van der Waals surface area contributed by atoms with Gasteiger partial charge in [0.05, 0.1) is 12.1 Å². The fourth-order valence-corrected chi connectivity index (χ4v) is 5.27. The highest BCUT2D eigenvalue weighted by Gasteiger charge is 2.42. The Morgan fingerprint density at radius 2 is 1.69 bits per heavy atom. The normalized spacial score (nSPS) is 19.7. The van der Waals surface area contributed by atoms with E-state index >= 15 is 0 Å². The smallest absolute Gasteiger partial charge is 0.245 e. The van der Waals surface area contributed by atoms with Gasteiger partial charge in [-0.15, -0.1) is 0 Å². The summed E-state index contributed by atoms with van der Waals surface area (Å²) in [4.78, 5) is 28.6. The van der Waals surface area contributed by atoms with Gasteiger partial charge in [-0.3, -0.25) is 9.59 Å². The van der Waals surface area contributed by atoms with Crippen LogP contribution in [0.25, 0.3) is 11.1 Å². The lowest BCUT2D eigenvalue weighted by atomic mass is 9.99. The molecule has 2 unspecified atom stereocenters. The number of hydrogen-bond donors (Lipinski definition) is 0. The highest BCUT2D eigenvalue weighted by Crippen LogP contribution is 2.38. The van der Waals surface area contributed by atoms with E-state index in [9.17, 15) is 9.59 Å². The van der Waals surface area contributed by atoms with E-state index in [-0.39, 0.29) is 11.8 Å². The molecule has 2 aliphatic heterocycles. The number of likely N-dealkylation sites (tertiary alicyclic amines) is 2. The zero-order valence-corrected chi connectivity index (χ0v) is 19.5. The largest absolute Gasteiger partial charge is 0.496 e. The van der Waals surface area contributed by atoms with Gasteiger partial charge >= 0.3 is 0 Å². The molecular formula is C25H26Cl2N2O3. The molecule has 0 bridgehead atoms. The van der Waals surface area contributed by atoms with E-state index in [1.54, 1.807) is 13.2 Å². The first-order valence-electron chi connectivity index (χ1n) is 10.7. The minimum absolute atomic E-state index is 0.0265. The van der Waals surface area contributed by atoms with E-state index < -0.39 is 0 Å². The Bertz CT molecular complexity index is 1040. The zero-order chi connectivity index (χ0) is 22.8. The molecule has 2 saturated heterocycles. The molecule has 2 aromatic carbocycles. The van der Waals surface area contributed by atoms with E-state index in [2.05, 4.69) is 6.58 Å². The Morgan fingerprint density at radius 3 is 2.31 bits per heavy atom. The van der Waals surface area contributed by atoms with Crippen molar-refractivity contribution in [3.05, 3.63) is 64.7 Å². The molecule has 0 aromatic heterocycles. The van der Waals surface area contributed by atoms with Crippen molar-refractivity contribution >= 4 is 35.0 Å². The summed E-state index contributed by atoms with van der Waals surface area (Å²) in [6.45, 7) is 6.37. The van der Waals surface area contributed by atoms with Crippen LogP contribution in [0.3, 0.4) is 0 Å². The van der Waals surface area contributed by atoms with Crippen LogP contribution in [0.2, 0.25) is 10.0 Å². The van der Waals surface area contributed by atoms with Gasteiger partial charge in [0.25, 0.3) is 0 Å². The number of hydrogen-bond acceptors (Lipinski definition) is 3. The van der Waals surface area contributed by atoms with E-state index in [0.29, 0.717) is 66.7 Å². The maximum absolute atomic E-state index is 12.9. The zero-order valence-electron chi connectivity index (χ0n) is 18.0. The standard InChI is InChI=1S/C25H26Cl2N2O3/c1-3-24(30)28-12-17-14-29(15-18(17)13-28)25(31)9-8-16-10-20(22(27)11-23(16)32-2)19-6-4-5-7-21(19)26/h3-7,10-11,17-18H,1,8-9,12-15H2,2H3. The van der Waals surface area contributed by atoms with Crippen molar-refractivity contribution < 1.29 is 14.3 Å². The lowest BCUT2D eigenvalue weighted by molar-refractivity contribution is -0.130. The lowest BCUT2D eigenvalue weighted by Crippen LogP contribution is -2.35. The topological polar surface area (TPSA) is 49.9 Å². The first-order chi connectivity index (χ1) is 15.4. The van der Waals surface area contributed by atoms with Crippen LogP contribution in [-0.2, 0) is 16.0 Å². The van der Waals surface area contributed by atoms with Crippen LogP contribution >= 0.6 is 23.2 Å². The summed E-state index contributed by atoms with van der Waals surface area (Å²) in [7, 11) is 1.60. The van der Waals surface area contributed by atoms with Gasteiger partial charge in [-0.25, -0.2) is 0 Å². The van der Waals surface area contributed by atoms with Crippen molar-refractivity contribution in [2.24, 2.45) is 11.8 Å². The number of rotatable bonds is 6. The maximum atomic E-state index is 12.9. The minimum atomic E-state index is -0.0265. The van der Waals surface area contributed by atoms with Gasteiger partial charge in [0.15, 0.2) is 0 Å². The fraction of sp³-hybridized carbons (Fsp3) is 0.360. The van der Waals surface area contributed by atoms with Crippen LogP contribution in [0, 0.1) is 11.8 Å². The quantitative estimate of drug-likeness (QED) is 0.572. The number of halogens is 2. The molecular weight excluding hydrogens is 447 g/mol. The molecule has 4 rings (SSSR count). The third-order valence-electron chi connectivity index (χ3n) is 6.47. The van der Waals surface area contributed by atoms with Gasteiger partial charge in [0, 0.05) is 60.6 Å². The average Bonchev–Trinajstić information content (AvgIpc) is 3.37. The summed E-state index contributed by atoms with van der Waals surface area (Å²) in [6.07, 6.45) is 2.29. The third kappa shape index (κ3) is 4.50. The van der Waals surface area contributed by atoms with E-state index in [4.69, 9.17) is 27.9 Å². The van der Waals surface area contributed by atoms with Gasteiger partial charge in [0.2, 0.25) is 11.8 Å². The number of nitrogens with zero attached hydrogens (tertiary/aromatic N) is 2. The van der Waals surface area contributed by atoms with Gasteiger partial charge in [-0.1, -0.05) is 48.0 Å². The number of benzene rings is 2. The fourth-order valence-electron chi connectivity index (χ4n) is 4.78. The molecule has 2 amide bonds. The number of carbonyl (C=O) groups is 2. The van der Waals surface area contributed by atoms with Crippen molar-refractivity contribution in [1.82, 2.24) is 9.80 Å². The van der Waals surface area contributed by atoms with Crippen LogP contribution in [-0.4, -0.2) is 54.9 Å². The van der Waals surface area contributed by atoms with Crippen LogP contribution in [0.15, 0.2) is 49.1 Å². The molecule has 2 aliphatic rings. The molecule has 0 radical (unpaired) electrons. The number of methoxy groups -OCH3 is 1. The predicted octanol–water partition coefficient (Wildman–Crippen LogP) is 4.70. The Labute approximate surface area is 198 Å². The van der Waals surface area contributed by atoms with E-state index in [1.807, 2.05) is 40.1 Å². The Hall–Kier alpha value is -2.50. The maximum Gasteiger partial charge on any atom is 0.245 e. The molecule has 2 aromatic rings. The molecule has 2 heterocycles. The highest BCUT2D eigenvalue weighted by atomic mass is 35.5. The lowest BCUT2D eigenvalue weighted by Gasteiger charge is -2.21. The summed E-state index contributed by atoms with van der Waals surface area (Å²) >= 11 is 12.9. The summed E-state index contributed by atoms with van der Waals surface area (Å²) in [5.41, 5.74) is 2.59. The molecule has 0 saturated carbocycles. The monoisotopic (exact) mass is 472 g/mol. The van der Waals surface area contributed by atoms with Crippen molar-refractivity contribution in [2.75, 3.05) is 33.3 Å². The van der Waals surface area contributed by atoms with E-state index in [0.717, 1.165) is 16.7 Å².